The smallest absolute Gasteiger partial charge is 0.0278 e. The summed E-state index contributed by atoms with van der Waals surface area (Å²) < 4.78 is 0. The molecule has 0 atom stereocenters. The minimum absolute atomic E-state index is 0.0982. The van der Waals surface area contributed by atoms with Gasteiger partial charge in [-0.1, -0.05) is 158 Å². The molecule has 8 aromatic carbocycles. The van der Waals surface area contributed by atoms with Crippen LogP contribution in [0.25, 0.3) is 76.8 Å². The van der Waals surface area contributed by atoms with E-state index in [2.05, 4.69) is 158 Å². The monoisotopic (exact) mass is 664 g/mol. The van der Waals surface area contributed by atoms with Crippen molar-refractivity contribution in [1.29, 1.82) is 0 Å². The van der Waals surface area contributed by atoms with E-state index in [9.17, 15) is 0 Å². The minimum Gasteiger partial charge on any atom is -0.0622 e. The van der Waals surface area contributed by atoms with Gasteiger partial charge in [0.1, 0.15) is 0 Å². The summed E-state index contributed by atoms with van der Waals surface area (Å²) in [5, 5.41) is 8.20. The molecule has 52 heavy (non-hydrogen) atoms. The van der Waals surface area contributed by atoms with E-state index < -0.39 is 0 Å². The molecule has 0 aliphatic heterocycles. The number of hydrogen-bond acceptors (Lipinski definition) is 0. The zero-order valence-corrected chi connectivity index (χ0v) is 29.4. The highest BCUT2D eigenvalue weighted by Crippen LogP contribution is 2.71. The van der Waals surface area contributed by atoms with Crippen molar-refractivity contribution in [3.8, 4) is 44.5 Å². The van der Waals surface area contributed by atoms with Gasteiger partial charge in [-0.3, -0.25) is 0 Å². The fraction of sp³-hybridized carbons (Fsp3) is 0.192. The van der Waals surface area contributed by atoms with Crippen molar-refractivity contribution in [2.24, 2.45) is 23.7 Å². The zero-order chi connectivity index (χ0) is 34.0. The molecule has 4 saturated carbocycles. The van der Waals surface area contributed by atoms with Gasteiger partial charge in [-0.15, -0.1) is 0 Å². The molecule has 4 bridgehead atoms. The molecule has 0 N–H and O–H groups in total. The van der Waals surface area contributed by atoms with Gasteiger partial charge >= 0.3 is 0 Å². The van der Waals surface area contributed by atoms with E-state index in [0.29, 0.717) is 0 Å². The third-order valence-corrected chi connectivity index (χ3v) is 14.0. The fourth-order valence-corrected chi connectivity index (χ4v) is 12.4. The van der Waals surface area contributed by atoms with Crippen LogP contribution in [0.3, 0.4) is 0 Å². The number of benzene rings is 8. The second kappa shape index (κ2) is 10.8. The van der Waals surface area contributed by atoms with E-state index in [4.69, 9.17) is 0 Å². The highest BCUT2D eigenvalue weighted by atomic mass is 14.6. The molecule has 0 heterocycles. The van der Waals surface area contributed by atoms with Crippen molar-refractivity contribution < 1.29 is 0 Å². The Balaban J connectivity index is 1.15. The van der Waals surface area contributed by atoms with Gasteiger partial charge in [-0.25, -0.2) is 0 Å². The molecule has 1 spiro atoms. The molecule has 0 amide bonds. The molecule has 8 aromatic rings. The van der Waals surface area contributed by atoms with Crippen LogP contribution in [-0.2, 0) is 5.41 Å². The summed E-state index contributed by atoms with van der Waals surface area (Å²) >= 11 is 0. The second-order valence-corrected chi connectivity index (χ2v) is 16.4. The van der Waals surface area contributed by atoms with Gasteiger partial charge in [0.2, 0.25) is 0 Å². The Morgan fingerprint density at radius 2 is 0.885 bits per heavy atom. The van der Waals surface area contributed by atoms with E-state index in [1.54, 1.807) is 11.1 Å². The first-order valence-corrected chi connectivity index (χ1v) is 19.5. The summed E-state index contributed by atoms with van der Waals surface area (Å²) in [6, 6.07) is 60.0. The van der Waals surface area contributed by atoms with Crippen LogP contribution in [0.2, 0.25) is 0 Å². The average molecular weight is 665 g/mol. The second-order valence-electron chi connectivity index (χ2n) is 16.4. The largest absolute Gasteiger partial charge is 0.0622 e. The summed E-state index contributed by atoms with van der Waals surface area (Å²) in [6.07, 6.45) is 7.04. The van der Waals surface area contributed by atoms with Crippen molar-refractivity contribution in [2.75, 3.05) is 0 Å². The Morgan fingerprint density at radius 3 is 1.54 bits per heavy atom. The van der Waals surface area contributed by atoms with Crippen molar-refractivity contribution >= 4 is 32.3 Å². The third kappa shape index (κ3) is 3.83. The van der Waals surface area contributed by atoms with Gasteiger partial charge in [-0.05, 0) is 144 Å². The maximum Gasteiger partial charge on any atom is 0.0278 e. The summed E-state index contributed by atoms with van der Waals surface area (Å²) in [6.45, 7) is 0. The Labute approximate surface area is 305 Å². The van der Waals surface area contributed by atoms with Crippen LogP contribution >= 0.6 is 0 Å². The van der Waals surface area contributed by atoms with Gasteiger partial charge in [-0.2, -0.15) is 0 Å². The van der Waals surface area contributed by atoms with Gasteiger partial charge in [0, 0.05) is 5.41 Å². The van der Waals surface area contributed by atoms with Crippen LogP contribution in [-0.4, -0.2) is 0 Å². The first-order valence-electron chi connectivity index (χ1n) is 19.5. The Kier molecular flexibility index (Phi) is 6.04. The van der Waals surface area contributed by atoms with E-state index in [0.717, 1.165) is 23.7 Å². The molecular formula is C52H40. The van der Waals surface area contributed by atoms with Crippen molar-refractivity contribution in [3.63, 3.8) is 0 Å². The van der Waals surface area contributed by atoms with Gasteiger partial charge in [0.15, 0.2) is 0 Å². The number of fused-ring (bicyclic) bond motifs is 7. The normalized spacial score (nSPS) is 23.8. The number of hydrogen-bond donors (Lipinski definition) is 0. The molecule has 0 radical (unpaired) electrons. The predicted octanol–water partition coefficient (Wildman–Crippen LogP) is 13.9. The van der Waals surface area contributed by atoms with Crippen molar-refractivity contribution in [1.82, 2.24) is 0 Å². The quantitative estimate of drug-likeness (QED) is 0.165. The van der Waals surface area contributed by atoms with Gasteiger partial charge < -0.3 is 0 Å². The van der Waals surface area contributed by atoms with Crippen LogP contribution in [0.4, 0.5) is 0 Å². The highest BCUT2D eigenvalue weighted by molar-refractivity contribution is 6.23. The van der Waals surface area contributed by atoms with Crippen LogP contribution in [0.1, 0.15) is 43.2 Å². The fourth-order valence-electron chi connectivity index (χ4n) is 12.4. The van der Waals surface area contributed by atoms with E-state index >= 15 is 0 Å². The SMILES string of the molecule is c1ccc(-c2ccc(-c3c4ccccc4c(-c4cccc5c4-c4ccc6ccccc6c4C54C5CC6CC(C5)CC4C6)c4ccccc34)cc2)cc1. The minimum atomic E-state index is 0.0982. The third-order valence-electron chi connectivity index (χ3n) is 14.0. The lowest BCUT2D eigenvalue weighted by atomic mass is 9.43. The summed E-state index contributed by atoms with van der Waals surface area (Å²) in [5.41, 5.74) is 14.3. The zero-order valence-electron chi connectivity index (χ0n) is 29.4. The standard InChI is InChI=1S/C52H40/c1-2-11-34(12-3-1)35-21-23-37(24-22-35)48-41-15-6-8-17-43(41)49(44-18-9-7-16-42(44)48)45-19-10-20-47-50(45)46-26-25-36-13-4-5-14-40(36)51(46)52(47)38-28-32-27-33(30-38)31-39(52)29-32/h1-26,32-33,38-39H,27-31H2. The lowest BCUT2D eigenvalue weighted by molar-refractivity contribution is -0.0393. The molecule has 4 fully saturated rings. The van der Waals surface area contributed by atoms with Crippen LogP contribution in [0.5, 0.6) is 0 Å². The van der Waals surface area contributed by atoms with Crippen molar-refractivity contribution in [3.05, 3.63) is 169 Å². The van der Waals surface area contributed by atoms with E-state index in [1.807, 2.05) is 0 Å². The molecule has 0 saturated heterocycles. The molecule has 0 heteroatoms. The van der Waals surface area contributed by atoms with Crippen LogP contribution < -0.4 is 0 Å². The molecule has 13 rings (SSSR count). The van der Waals surface area contributed by atoms with E-state index in [1.165, 1.54) is 109 Å². The summed E-state index contributed by atoms with van der Waals surface area (Å²) in [7, 11) is 0. The Hall–Kier alpha value is -5.46. The molecule has 0 aromatic heterocycles. The first kappa shape index (κ1) is 29.2. The maximum atomic E-state index is 2.56. The molecule has 0 unspecified atom stereocenters. The first-order chi connectivity index (χ1) is 25.8. The predicted molar refractivity (Wildman–Crippen MR) is 219 cm³/mol. The van der Waals surface area contributed by atoms with Crippen LogP contribution in [0, 0.1) is 23.7 Å². The Morgan fingerprint density at radius 1 is 0.346 bits per heavy atom. The molecule has 5 aliphatic rings. The van der Waals surface area contributed by atoms with Crippen molar-refractivity contribution in [2.45, 2.75) is 37.5 Å². The number of rotatable bonds is 3. The lowest BCUT2D eigenvalue weighted by Crippen LogP contribution is -2.55. The molecular weight excluding hydrogens is 625 g/mol. The van der Waals surface area contributed by atoms with Crippen LogP contribution in [0.15, 0.2) is 158 Å². The molecule has 0 nitrogen and oxygen atoms in total. The molecule has 248 valence electrons. The summed E-state index contributed by atoms with van der Waals surface area (Å²) in [5.74, 6) is 3.28. The van der Waals surface area contributed by atoms with Gasteiger partial charge in [0.05, 0.1) is 0 Å². The highest BCUT2D eigenvalue weighted by Gasteiger charge is 2.62. The lowest BCUT2D eigenvalue weighted by Gasteiger charge is -2.61. The average Bonchev–Trinajstić information content (AvgIpc) is 3.51. The van der Waals surface area contributed by atoms with E-state index in [-0.39, 0.29) is 5.41 Å². The van der Waals surface area contributed by atoms with Gasteiger partial charge in [0.25, 0.3) is 0 Å². The topological polar surface area (TPSA) is 0 Å². The summed E-state index contributed by atoms with van der Waals surface area (Å²) in [4.78, 5) is 0. The maximum absolute atomic E-state index is 2.56. The molecule has 5 aliphatic carbocycles. The Bertz CT molecular complexity index is 2650.